The van der Waals surface area contributed by atoms with E-state index in [0.29, 0.717) is 0 Å². The maximum absolute atomic E-state index is 10.1. The maximum atomic E-state index is 10.1. The molecule has 0 aliphatic heterocycles. The van der Waals surface area contributed by atoms with Crippen molar-refractivity contribution in [2.24, 2.45) is 5.92 Å². The molecule has 0 heterocycles. The van der Waals surface area contributed by atoms with E-state index in [1.54, 1.807) is 0 Å². The van der Waals surface area contributed by atoms with Gasteiger partial charge in [0.2, 0.25) is 0 Å². The molecule has 0 amide bonds. The molecule has 1 N–H and O–H groups in total. The van der Waals surface area contributed by atoms with Gasteiger partial charge in [-0.3, -0.25) is 0 Å². The van der Waals surface area contributed by atoms with Gasteiger partial charge in [0, 0.05) is 6.61 Å². The molecule has 2 nitrogen and oxygen atoms in total. The molecule has 2 atom stereocenters. The van der Waals surface area contributed by atoms with Gasteiger partial charge in [-0.25, -0.2) is 0 Å². The van der Waals surface area contributed by atoms with Gasteiger partial charge in [0.1, 0.15) is 6.10 Å². The van der Waals surface area contributed by atoms with Crippen molar-refractivity contribution in [1.82, 2.24) is 0 Å². The molecule has 1 aromatic rings. The van der Waals surface area contributed by atoms with E-state index in [0.717, 1.165) is 18.1 Å². The minimum atomic E-state index is -0.514. The van der Waals surface area contributed by atoms with Crippen LogP contribution in [0, 0.1) is 12.8 Å². The Hall–Kier alpha value is -0.860. The normalized spacial score (nSPS) is 19.4. The summed E-state index contributed by atoms with van der Waals surface area (Å²) in [6.45, 7) is 4.78. The van der Waals surface area contributed by atoms with Crippen LogP contribution < -0.4 is 0 Å². The highest BCUT2D eigenvalue weighted by atomic mass is 16.5. The van der Waals surface area contributed by atoms with Crippen LogP contribution in [0.3, 0.4) is 0 Å². The molecule has 1 aliphatic carbocycles. The van der Waals surface area contributed by atoms with Crippen LogP contribution in [0.4, 0.5) is 0 Å². The highest BCUT2D eigenvalue weighted by Gasteiger charge is 2.24. The van der Waals surface area contributed by atoms with E-state index < -0.39 is 6.10 Å². The fourth-order valence-corrected chi connectivity index (χ4v) is 1.70. The second-order valence-corrected chi connectivity index (χ2v) is 4.84. The van der Waals surface area contributed by atoms with E-state index in [4.69, 9.17) is 4.74 Å². The Morgan fingerprint density at radius 1 is 1.31 bits per heavy atom. The van der Waals surface area contributed by atoms with Gasteiger partial charge in [-0.15, -0.1) is 0 Å². The lowest BCUT2D eigenvalue weighted by atomic mass is 10.0. The van der Waals surface area contributed by atoms with Crippen molar-refractivity contribution < 1.29 is 9.84 Å². The Labute approximate surface area is 97.3 Å². The first-order valence-corrected chi connectivity index (χ1v) is 6.03. The highest BCUT2D eigenvalue weighted by molar-refractivity contribution is 5.23. The van der Waals surface area contributed by atoms with Crippen LogP contribution in [-0.2, 0) is 4.74 Å². The Kier molecular flexibility index (Phi) is 3.62. The third-order valence-electron chi connectivity index (χ3n) is 3.16. The lowest BCUT2D eigenvalue weighted by molar-refractivity contribution is -0.0318. The van der Waals surface area contributed by atoms with Crippen LogP contribution in [0.25, 0.3) is 0 Å². The monoisotopic (exact) mass is 220 g/mol. The summed E-state index contributed by atoms with van der Waals surface area (Å²) in [5, 5.41) is 10.1. The zero-order valence-corrected chi connectivity index (χ0v) is 10.0. The highest BCUT2D eigenvalue weighted by Crippen LogP contribution is 2.30. The average Bonchev–Trinajstić information content (AvgIpc) is 3.10. The Morgan fingerprint density at radius 3 is 2.50 bits per heavy atom. The summed E-state index contributed by atoms with van der Waals surface area (Å²) in [6, 6.07) is 7.98. The van der Waals surface area contributed by atoms with Crippen LogP contribution in [0.1, 0.15) is 37.0 Å². The fraction of sp³-hybridized carbons (Fsp3) is 0.571. The van der Waals surface area contributed by atoms with E-state index >= 15 is 0 Å². The first-order chi connectivity index (χ1) is 7.66. The van der Waals surface area contributed by atoms with Crippen molar-refractivity contribution in [2.45, 2.75) is 38.9 Å². The van der Waals surface area contributed by atoms with Gasteiger partial charge < -0.3 is 9.84 Å². The lowest BCUT2D eigenvalue weighted by Gasteiger charge is -2.20. The number of aliphatic hydroxyl groups is 1. The van der Waals surface area contributed by atoms with Crippen molar-refractivity contribution in [3.05, 3.63) is 35.4 Å². The largest absolute Gasteiger partial charge is 0.386 e. The van der Waals surface area contributed by atoms with Gasteiger partial charge in [0.05, 0.1) is 6.10 Å². The van der Waals surface area contributed by atoms with E-state index in [2.05, 4.69) is 0 Å². The minimum absolute atomic E-state index is 0.122. The van der Waals surface area contributed by atoms with Crippen molar-refractivity contribution in [2.75, 3.05) is 6.61 Å². The smallest absolute Gasteiger partial charge is 0.105 e. The molecular formula is C14H20O2. The molecule has 0 spiro atoms. The molecule has 0 aromatic heterocycles. The summed E-state index contributed by atoms with van der Waals surface area (Å²) < 4.78 is 5.66. The predicted molar refractivity (Wildman–Crippen MR) is 64.3 cm³/mol. The number of aryl methyl sites for hydroxylation is 1. The summed E-state index contributed by atoms with van der Waals surface area (Å²) in [7, 11) is 0. The van der Waals surface area contributed by atoms with Crippen LogP contribution in [-0.4, -0.2) is 17.8 Å². The average molecular weight is 220 g/mol. The molecule has 1 aromatic carbocycles. The molecule has 0 saturated heterocycles. The van der Waals surface area contributed by atoms with Gasteiger partial charge in [-0.2, -0.15) is 0 Å². The zero-order valence-electron chi connectivity index (χ0n) is 10.0. The maximum Gasteiger partial charge on any atom is 0.105 e. The van der Waals surface area contributed by atoms with Crippen molar-refractivity contribution in [3.8, 4) is 0 Å². The molecule has 1 saturated carbocycles. The molecule has 88 valence electrons. The standard InChI is InChI=1S/C14H20O2/c1-10-3-7-13(8-4-10)14(15)11(2)16-9-12-5-6-12/h3-4,7-8,11-12,14-15H,5-6,9H2,1-2H3. The van der Waals surface area contributed by atoms with Gasteiger partial charge >= 0.3 is 0 Å². The van der Waals surface area contributed by atoms with Gasteiger partial charge in [-0.05, 0) is 38.2 Å². The molecule has 1 fully saturated rings. The van der Waals surface area contributed by atoms with E-state index in [1.807, 2.05) is 38.1 Å². The van der Waals surface area contributed by atoms with Crippen LogP contribution in [0.15, 0.2) is 24.3 Å². The first-order valence-electron chi connectivity index (χ1n) is 6.03. The minimum Gasteiger partial charge on any atom is -0.386 e. The third kappa shape index (κ3) is 3.06. The second-order valence-electron chi connectivity index (χ2n) is 4.84. The number of hydrogen-bond donors (Lipinski definition) is 1. The van der Waals surface area contributed by atoms with Crippen molar-refractivity contribution in [1.29, 1.82) is 0 Å². The quantitative estimate of drug-likeness (QED) is 0.826. The number of rotatable bonds is 5. The Balaban J connectivity index is 1.88. The number of ether oxygens (including phenoxy) is 1. The molecule has 2 rings (SSSR count). The molecule has 2 heteroatoms. The molecule has 1 aliphatic rings. The summed E-state index contributed by atoms with van der Waals surface area (Å²) in [4.78, 5) is 0. The van der Waals surface area contributed by atoms with E-state index in [-0.39, 0.29) is 6.10 Å². The fourth-order valence-electron chi connectivity index (χ4n) is 1.70. The molecule has 0 bridgehead atoms. The number of aliphatic hydroxyl groups excluding tert-OH is 1. The molecule has 2 unspecified atom stereocenters. The molecule has 0 radical (unpaired) electrons. The first kappa shape index (κ1) is 11.6. The summed E-state index contributed by atoms with van der Waals surface area (Å²) in [5.74, 6) is 0.743. The topological polar surface area (TPSA) is 29.5 Å². The van der Waals surface area contributed by atoms with Gasteiger partial charge in [-0.1, -0.05) is 29.8 Å². The van der Waals surface area contributed by atoms with Gasteiger partial charge in [0.15, 0.2) is 0 Å². The zero-order chi connectivity index (χ0) is 11.5. The van der Waals surface area contributed by atoms with Crippen molar-refractivity contribution >= 4 is 0 Å². The SMILES string of the molecule is Cc1ccc(C(O)C(C)OCC2CC2)cc1. The third-order valence-corrected chi connectivity index (χ3v) is 3.16. The van der Waals surface area contributed by atoms with Crippen LogP contribution in [0.2, 0.25) is 0 Å². The summed E-state index contributed by atoms with van der Waals surface area (Å²) in [5.41, 5.74) is 2.15. The van der Waals surface area contributed by atoms with Crippen molar-refractivity contribution in [3.63, 3.8) is 0 Å². The van der Waals surface area contributed by atoms with E-state index in [1.165, 1.54) is 18.4 Å². The summed E-state index contributed by atoms with van der Waals surface area (Å²) in [6.07, 6.45) is 1.93. The molecule has 16 heavy (non-hydrogen) atoms. The van der Waals surface area contributed by atoms with Crippen LogP contribution in [0.5, 0.6) is 0 Å². The van der Waals surface area contributed by atoms with E-state index in [9.17, 15) is 5.11 Å². The molecular weight excluding hydrogens is 200 g/mol. The van der Waals surface area contributed by atoms with Crippen LogP contribution >= 0.6 is 0 Å². The van der Waals surface area contributed by atoms with Gasteiger partial charge in [0.25, 0.3) is 0 Å². The Bertz CT molecular complexity index is 327. The number of hydrogen-bond acceptors (Lipinski definition) is 2. The number of benzene rings is 1. The Morgan fingerprint density at radius 2 is 1.94 bits per heavy atom. The second kappa shape index (κ2) is 4.98. The summed E-state index contributed by atoms with van der Waals surface area (Å²) >= 11 is 0. The lowest BCUT2D eigenvalue weighted by Crippen LogP contribution is -2.19. The predicted octanol–water partition coefficient (Wildman–Crippen LogP) is 2.84.